The predicted octanol–water partition coefficient (Wildman–Crippen LogP) is 2.42. The minimum absolute atomic E-state index is 0.362. The molecule has 0 radical (unpaired) electrons. The normalized spacial score (nSPS) is 22.8. The Hall–Kier alpha value is -0.0500. The Bertz CT molecular complexity index is 172. The number of likely N-dealkylation sites (tertiary alicyclic amines) is 1. The van der Waals surface area contributed by atoms with Crippen molar-refractivity contribution in [3.8, 4) is 0 Å². The molecule has 0 bridgehead atoms. The second-order valence-electron chi connectivity index (χ2n) is 3.71. The third-order valence-electron chi connectivity index (χ3n) is 2.68. The van der Waals surface area contributed by atoms with E-state index in [1.165, 1.54) is 6.42 Å². The first-order valence-corrected chi connectivity index (χ1v) is 6.23. The fourth-order valence-corrected chi connectivity index (χ4v) is 2.14. The van der Waals surface area contributed by atoms with E-state index in [4.69, 9.17) is 0 Å². The third kappa shape index (κ3) is 3.29. The molecular weight excluding hydrogens is 230 g/mol. The van der Waals surface area contributed by atoms with Crippen LogP contribution in [0.3, 0.4) is 0 Å². The Morgan fingerprint density at radius 2 is 2.31 bits per heavy atom. The van der Waals surface area contributed by atoms with E-state index in [9.17, 15) is 4.79 Å². The number of carbonyl (C=O) groups is 1. The van der Waals surface area contributed by atoms with E-state index in [1.807, 2.05) is 4.90 Å². The fourth-order valence-electron chi connectivity index (χ4n) is 1.74. The van der Waals surface area contributed by atoms with Gasteiger partial charge in [0.2, 0.25) is 5.91 Å². The van der Waals surface area contributed by atoms with E-state index >= 15 is 0 Å². The minimum atomic E-state index is 0.362. The lowest BCUT2D eigenvalue weighted by Crippen LogP contribution is -2.26. The van der Waals surface area contributed by atoms with E-state index in [1.54, 1.807) is 0 Å². The average molecular weight is 248 g/mol. The van der Waals surface area contributed by atoms with Crippen LogP contribution in [0.2, 0.25) is 0 Å². The molecule has 3 heteroatoms. The lowest BCUT2D eigenvalue weighted by Gasteiger charge is -2.15. The van der Waals surface area contributed by atoms with Crippen LogP contribution >= 0.6 is 15.9 Å². The number of nitrogens with zero attached hydrogens (tertiary/aromatic N) is 1. The summed E-state index contributed by atoms with van der Waals surface area (Å²) in [5.74, 6) is 0.984. The Balaban J connectivity index is 2.23. The molecule has 1 heterocycles. The van der Waals surface area contributed by atoms with E-state index in [2.05, 4.69) is 22.9 Å². The van der Waals surface area contributed by atoms with Gasteiger partial charge in [0.05, 0.1) is 0 Å². The zero-order valence-electron chi connectivity index (χ0n) is 8.26. The van der Waals surface area contributed by atoms with Gasteiger partial charge in [-0.25, -0.2) is 0 Å². The summed E-state index contributed by atoms with van der Waals surface area (Å²) >= 11 is 3.40. The maximum atomic E-state index is 11.5. The van der Waals surface area contributed by atoms with E-state index in [0.29, 0.717) is 11.8 Å². The molecule has 76 valence electrons. The second kappa shape index (κ2) is 5.63. The molecule has 1 atom stereocenters. The molecule has 0 aromatic carbocycles. The van der Waals surface area contributed by atoms with Gasteiger partial charge in [0.1, 0.15) is 0 Å². The van der Waals surface area contributed by atoms with Gasteiger partial charge < -0.3 is 4.90 Å². The van der Waals surface area contributed by atoms with Crippen LogP contribution in [0.1, 0.15) is 32.6 Å². The van der Waals surface area contributed by atoms with Gasteiger partial charge in [-0.3, -0.25) is 4.79 Å². The highest BCUT2D eigenvalue weighted by Crippen LogP contribution is 2.20. The maximum Gasteiger partial charge on any atom is 0.222 e. The van der Waals surface area contributed by atoms with Gasteiger partial charge in [-0.2, -0.15) is 0 Å². The van der Waals surface area contributed by atoms with Crippen molar-refractivity contribution in [3.05, 3.63) is 0 Å². The Kier molecular flexibility index (Phi) is 4.78. The number of halogens is 1. The highest BCUT2D eigenvalue weighted by atomic mass is 79.9. The van der Waals surface area contributed by atoms with Gasteiger partial charge in [0, 0.05) is 24.8 Å². The summed E-state index contributed by atoms with van der Waals surface area (Å²) in [6, 6.07) is 0. The highest BCUT2D eigenvalue weighted by Gasteiger charge is 2.27. The van der Waals surface area contributed by atoms with Gasteiger partial charge in [-0.1, -0.05) is 29.3 Å². The quantitative estimate of drug-likeness (QED) is 0.540. The van der Waals surface area contributed by atoms with Crippen molar-refractivity contribution < 1.29 is 4.79 Å². The highest BCUT2D eigenvalue weighted by molar-refractivity contribution is 9.09. The molecule has 0 aliphatic carbocycles. The van der Waals surface area contributed by atoms with Crippen LogP contribution in [0.5, 0.6) is 0 Å². The Labute approximate surface area is 88.8 Å². The first-order valence-electron chi connectivity index (χ1n) is 5.11. The van der Waals surface area contributed by atoms with Gasteiger partial charge in [-0.15, -0.1) is 0 Å². The van der Waals surface area contributed by atoms with Crippen LogP contribution in [-0.2, 0) is 4.79 Å². The van der Waals surface area contributed by atoms with Crippen molar-refractivity contribution in [2.75, 3.05) is 18.4 Å². The fraction of sp³-hybridized carbons (Fsp3) is 0.900. The maximum absolute atomic E-state index is 11.5. The van der Waals surface area contributed by atoms with Crippen LogP contribution in [-0.4, -0.2) is 29.2 Å². The molecule has 1 aliphatic rings. The van der Waals surface area contributed by atoms with Gasteiger partial charge >= 0.3 is 0 Å². The molecule has 13 heavy (non-hydrogen) atoms. The van der Waals surface area contributed by atoms with Crippen molar-refractivity contribution in [1.82, 2.24) is 4.90 Å². The molecule has 1 amide bonds. The summed E-state index contributed by atoms with van der Waals surface area (Å²) in [4.78, 5) is 13.5. The monoisotopic (exact) mass is 247 g/mol. The van der Waals surface area contributed by atoms with Gasteiger partial charge in [0.25, 0.3) is 0 Å². The standard InChI is InChI=1S/C10H18BrNO/c1-2-9-7-10(13)12(8-9)6-4-3-5-11/h9H,2-8H2,1H3. The molecular formula is C10H18BrNO. The first kappa shape index (κ1) is 11.0. The number of hydrogen-bond donors (Lipinski definition) is 0. The molecule has 2 nitrogen and oxygen atoms in total. The topological polar surface area (TPSA) is 20.3 Å². The molecule has 0 spiro atoms. The van der Waals surface area contributed by atoms with Crippen LogP contribution in [0.15, 0.2) is 0 Å². The number of alkyl halides is 1. The van der Waals surface area contributed by atoms with E-state index < -0.39 is 0 Å². The van der Waals surface area contributed by atoms with Crippen LogP contribution in [0.25, 0.3) is 0 Å². The van der Waals surface area contributed by atoms with Gasteiger partial charge in [0.15, 0.2) is 0 Å². The van der Waals surface area contributed by atoms with Crippen LogP contribution in [0.4, 0.5) is 0 Å². The zero-order chi connectivity index (χ0) is 9.68. The molecule has 1 saturated heterocycles. The van der Waals surface area contributed by atoms with Crippen molar-refractivity contribution in [2.45, 2.75) is 32.6 Å². The SMILES string of the molecule is CCC1CC(=O)N(CCCCBr)C1. The summed E-state index contributed by atoms with van der Waals surface area (Å²) in [6.07, 6.45) is 4.22. The molecule has 1 aliphatic heterocycles. The number of unbranched alkanes of at least 4 members (excludes halogenated alkanes) is 1. The Morgan fingerprint density at radius 1 is 1.54 bits per heavy atom. The number of carbonyl (C=O) groups excluding carboxylic acids is 1. The molecule has 0 aromatic rings. The van der Waals surface area contributed by atoms with Crippen LogP contribution in [0, 0.1) is 5.92 Å². The average Bonchev–Trinajstić information content (AvgIpc) is 2.48. The third-order valence-corrected chi connectivity index (χ3v) is 3.24. The number of rotatable bonds is 5. The molecule has 1 unspecified atom stereocenters. The predicted molar refractivity (Wildman–Crippen MR) is 58.0 cm³/mol. The summed E-state index contributed by atoms with van der Waals surface area (Å²) < 4.78 is 0. The summed E-state index contributed by atoms with van der Waals surface area (Å²) in [6.45, 7) is 4.12. The second-order valence-corrected chi connectivity index (χ2v) is 4.51. The molecule has 0 N–H and O–H groups in total. The Morgan fingerprint density at radius 3 is 2.85 bits per heavy atom. The van der Waals surface area contributed by atoms with Gasteiger partial charge in [-0.05, 0) is 18.8 Å². The minimum Gasteiger partial charge on any atom is -0.342 e. The first-order chi connectivity index (χ1) is 6.27. The van der Waals surface area contributed by atoms with Crippen molar-refractivity contribution in [3.63, 3.8) is 0 Å². The largest absolute Gasteiger partial charge is 0.342 e. The zero-order valence-corrected chi connectivity index (χ0v) is 9.85. The number of amides is 1. The molecule has 0 saturated carbocycles. The van der Waals surface area contributed by atoms with Crippen molar-refractivity contribution in [2.24, 2.45) is 5.92 Å². The molecule has 1 fully saturated rings. The lowest BCUT2D eigenvalue weighted by molar-refractivity contribution is -0.127. The summed E-state index contributed by atoms with van der Waals surface area (Å²) in [5.41, 5.74) is 0. The smallest absolute Gasteiger partial charge is 0.222 e. The van der Waals surface area contributed by atoms with E-state index in [0.717, 1.165) is 37.7 Å². The van der Waals surface area contributed by atoms with Crippen molar-refractivity contribution in [1.29, 1.82) is 0 Å². The summed E-state index contributed by atoms with van der Waals surface area (Å²) in [5, 5.41) is 1.05. The van der Waals surface area contributed by atoms with Crippen molar-refractivity contribution >= 4 is 21.8 Å². The van der Waals surface area contributed by atoms with E-state index in [-0.39, 0.29) is 0 Å². The molecule has 1 rings (SSSR count). The summed E-state index contributed by atoms with van der Waals surface area (Å²) in [7, 11) is 0. The molecule has 0 aromatic heterocycles. The van der Waals surface area contributed by atoms with Crippen LogP contribution < -0.4 is 0 Å². The number of hydrogen-bond acceptors (Lipinski definition) is 1. The lowest BCUT2D eigenvalue weighted by atomic mass is 10.1.